The normalized spacial score (nSPS) is 18.7. The van der Waals surface area contributed by atoms with Crippen molar-refractivity contribution in [3.63, 3.8) is 0 Å². The summed E-state index contributed by atoms with van der Waals surface area (Å²) in [5, 5.41) is 36.5. The third-order valence-corrected chi connectivity index (χ3v) is 10.3. The van der Waals surface area contributed by atoms with Crippen molar-refractivity contribution in [1.82, 2.24) is 20.8 Å². The van der Waals surface area contributed by atoms with Gasteiger partial charge in [-0.15, -0.1) is 0 Å². The van der Waals surface area contributed by atoms with Crippen LogP contribution in [0.3, 0.4) is 0 Å². The molecule has 2 aliphatic rings. The number of hydroxylamine groups is 4. The number of phenolic OH excluding ortho intramolecular Hbond substituents is 1. The maximum absolute atomic E-state index is 13.9. The topological polar surface area (TPSA) is 207 Å². The standard InChI is InChI=1S/C40H63N5O10/c1-3-4-5-6-7-8-9-10-11-12-13-24-35(29(2)36(48)41-31-21-17-19-26-45(53)39(31)50)55-40(51)32(22-16-18-25-44(52)28-46)42-37(49)33-27-54-38(43-33)30-20-14-15-23-34(30)47/h14-15,20,23,28-29,31-33,35,47,52-53H,3-13,16-19,21-22,24-27H2,1-2H3,(H,41,48)(H,42,49). The van der Waals surface area contributed by atoms with E-state index in [2.05, 4.69) is 22.5 Å². The second-order valence-electron chi connectivity index (χ2n) is 14.7. The number of amides is 4. The van der Waals surface area contributed by atoms with Crippen molar-refractivity contribution >= 4 is 36.0 Å². The zero-order valence-electron chi connectivity index (χ0n) is 32.7. The van der Waals surface area contributed by atoms with Gasteiger partial charge in [-0.3, -0.25) is 29.6 Å². The van der Waals surface area contributed by atoms with Crippen LogP contribution in [0.25, 0.3) is 0 Å². The van der Waals surface area contributed by atoms with Gasteiger partial charge in [0.05, 0.1) is 11.5 Å². The highest BCUT2D eigenvalue weighted by atomic mass is 16.5. The lowest BCUT2D eigenvalue weighted by molar-refractivity contribution is -0.167. The lowest BCUT2D eigenvalue weighted by Gasteiger charge is -2.28. The number of benzene rings is 1. The van der Waals surface area contributed by atoms with Crippen molar-refractivity contribution in [2.45, 2.75) is 154 Å². The minimum Gasteiger partial charge on any atom is -0.507 e. The Labute approximate surface area is 325 Å². The molecule has 55 heavy (non-hydrogen) atoms. The number of unbranched alkanes of at least 4 members (excludes halogenated alkanes) is 11. The summed E-state index contributed by atoms with van der Waals surface area (Å²) in [4.78, 5) is 68.8. The lowest BCUT2D eigenvalue weighted by Crippen LogP contribution is -2.51. The second-order valence-corrected chi connectivity index (χ2v) is 14.7. The number of rotatable bonds is 26. The number of nitrogens with one attached hydrogen (secondary N) is 2. The van der Waals surface area contributed by atoms with Crippen LogP contribution in [0.15, 0.2) is 29.3 Å². The quantitative estimate of drug-likeness (QED) is 0.0274. The van der Waals surface area contributed by atoms with Gasteiger partial charge in [0.25, 0.3) is 5.91 Å². The molecule has 1 fully saturated rings. The van der Waals surface area contributed by atoms with Crippen LogP contribution in [0.5, 0.6) is 5.75 Å². The first-order valence-corrected chi connectivity index (χ1v) is 20.3. The van der Waals surface area contributed by atoms with Gasteiger partial charge in [0, 0.05) is 13.1 Å². The summed E-state index contributed by atoms with van der Waals surface area (Å²) in [6.07, 6.45) is 14.5. The van der Waals surface area contributed by atoms with Crippen molar-refractivity contribution in [2.75, 3.05) is 19.7 Å². The summed E-state index contributed by atoms with van der Waals surface area (Å²) < 4.78 is 11.6. The van der Waals surface area contributed by atoms with E-state index >= 15 is 0 Å². The second kappa shape index (κ2) is 25.0. The van der Waals surface area contributed by atoms with Gasteiger partial charge in [0.15, 0.2) is 6.04 Å². The highest BCUT2D eigenvalue weighted by Gasteiger charge is 2.36. The summed E-state index contributed by atoms with van der Waals surface area (Å²) in [6, 6.07) is 3.37. The molecule has 1 aromatic rings. The maximum atomic E-state index is 13.9. The van der Waals surface area contributed by atoms with Crippen molar-refractivity contribution in [3.8, 4) is 5.75 Å². The van der Waals surface area contributed by atoms with E-state index in [1.165, 1.54) is 44.6 Å². The first-order chi connectivity index (χ1) is 26.5. The fourth-order valence-corrected chi connectivity index (χ4v) is 6.78. The third kappa shape index (κ3) is 15.8. The van der Waals surface area contributed by atoms with Gasteiger partial charge in [-0.2, -0.15) is 0 Å². The first kappa shape index (κ1) is 45.2. The number of aliphatic imine (C=N–C) groups is 1. The Morgan fingerprint density at radius 2 is 1.65 bits per heavy atom. The number of carbonyl (C=O) groups is 5. The number of phenols is 1. The van der Waals surface area contributed by atoms with Crippen LogP contribution in [0, 0.1) is 5.92 Å². The summed E-state index contributed by atoms with van der Waals surface area (Å²) in [7, 11) is 0. The predicted molar refractivity (Wildman–Crippen MR) is 204 cm³/mol. The van der Waals surface area contributed by atoms with Gasteiger partial charge in [-0.25, -0.2) is 19.9 Å². The number of hydrogen-bond donors (Lipinski definition) is 5. The Kier molecular flexibility index (Phi) is 20.5. The van der Waals surface area contributed by atoms with Crippen LogP contribution in [0.2, 0.25) is 0 Å². The smallest absolute Gasteiger partial charge is 0.328 e. The molecule has 0 spiro atoms. The molecule has 2 aliphatic heterocycles. The minimum absolute atomic E-state index is 0.0216. The number of nitrogens with zero attached hydrogens (tertiary/aromatic N) is 3. The molecule has 0 saturated carbocycles. The molecule has 5 atom stereocenters. The number of para-hydroxylation sites is 1. The minimum atomic E-state index is -1.15. The van der Waals surface area contributed by atoms with Crippen molar-refractivity contribution in [3.05, 3.63) is 29.8 Å². The molecule has 308 valence electrons. The molecule has 1 aromatic carbocycles. The number of ether oxygens (including phenoxy) is 2. The molecular formula is C40H63N5O10. The fourth-order valence-electron chi connectivity index (χ4n) is 6.78. The Balaban J connectivity index is 1.69. The average Bonchev–Trinajstić information content (AvgIpc) is 3.62. The van der Waals surface area contributed by atoms with Gasteiger partial charge in [-0.05, 0) is 63.5 Å². The summed E-state index contributed by atoms with van der Waals surface area (Å²) in [5.41, 5.74) is 0.326. The molecule has 5 N–H and O–H groups in total. The van der Waals surface area contributed by atoms with Crippen LogP contribution in [0.4, 0.5) is 0 Å². The molecular weight excluding hydrogens is 710 g/mol. The van der Waals surface area contributed by atoms with Gasteiger partial charge in [-0.1, -0.05) is 90.2 Å². The number of hydrogen-bond acceptors (Lipinski definition) is 11. The molecule has 2 heterocycles. The molecule has 0 aliphatic carbocycles. The van der Waals surface area contributed by atoms with Crippen LogP contribution in [-0.2, 0) is 33.4 Å². The molecule has 0 bridgehead atoms. The maximum Gasteiger partial charge on any atom is 0.328 e. The Morgan fingerprint density at radius 3 is 2.33 bits per heavy atom. The Morgan fingerprint density at radius 1 is 1.00 bits per heavy atom. The molecule has 5 unspecified atom stereocenters. The molecule has 15 heteroatoms. The molecule has 0 aromatic heterocycles. The van der Waals surface area contributed by atoms with Crippen LogP contribution in [-0.4, -0.2) is 106 Å². The molecule has 15 nitrogen and oxygen atoms in total. The number of carbonyl (C=O) groups excluding carboxylic acids is 5. The summed E-state index contributed by atoms with van der Waals surface area (Å²) in [6.45, 7) is 3.94. The third-order valence-electron chi connectivity index (χ3n) is 10.3. The van der Waals surface area contributed by atoms with Gasteiger partial charge < -0.3 is 25.2 Å². The Bertz CT molecular complexity index is 1390. The van der Waals surface area contributed by atoms with E-state index in [1.54, 1.807) is 25.1 Å². The van der Waals surface area contributed by atoms with E-state index < -0.39 is 53.8 Å². The average molecular weight is 774 g/mol. The zero-order valence-corrected chi connectivity index (χ0v) is 32.7. The van der Waals surface area contributed by atoms with E-state index in [1.807, 2.05) is 0 Å². The van der Waals surface area contributed by atoms with Crippen LogP contribution >= 0.6 is 0 Å². The fraction of sp³-hybridized carbons (Fsp3) is 0.700. The molecule has 4 amide bonds. The molecule has 1 saturated heterocycles. The summed E-state index contributed by atoms with van der Waals surface area (Å²) in [5.74, 6) is -3.24. The monoisotopic (exact) mass is 773 g/mol. The SMILES string of the molecule is CCCCCCCCCCCCCC(OC(=O)C(CCCCN(O)C=O)NC(=O)C1COC(c2ccccc2O)=N1)C(C)C(=O)NC1CCCCN(O)C1=O. The highest BCUT2D eigenvalue weighted by Crippen LogP contribution is 2.23. The van der Waals surface area contributed by atoms with Gasteiger partial charge >= 0.3 is 5.97 Å². The van der Waals surface area contributed by atoms with E-state index in [9.17, 15) is 39.5 Å². The molecule has 3 rings (SSSR count). The molecule has 0 radical (unpaired) electrons. The van der Waals surface area contributed by atoms with Crippen molar-refractivity contribution in [1.29, 1.82) is 0 Å². The summed E-state index contributed by atoms with van der Waals surface area (Å²) >= 11 is 0. The van der Waals surface area contributed by atoms with E-state index in [4.69, 9.17) is 9.47 Å². The van der Waals surface area contributed by atoms with Crippen LogP contribution < -0.4 is 10.6 Å². The van der Waals surface area contributed by atoms with E-state index in [0.29, 0.717) is 60.6 Å². The van der Waals surface area contributed by atoms with Crippen LogP contribution in [0.1, 0.15) is 135 Å². The van der Waals surface area contributed by atoms with Crippen molar-refractivity contribution in [2.24, 2.45) is 10.9 Å². The number of esters is 1. The van der Waals surface area contributed by atoms with Gasteiger partial charge in [0.1, 0.15) is 30.5 Å². The highest BCUT2D eigenvalue weighted by molar-refractivity contribution is 6.00. The Hall–Kier alpha value is -4.24. The largest absolute Gasteiger partial charge is 0.507 e. The zero-order chi connectivity index (χ0) is 40.0. The predicted octanol–water partition coefficient (Wildman–Crippen LogP) is 5.18. The van der Waals surface area contributed by atoms with E-state index in [-0.39, 0.29) is 44.2 Å². The lowest BCUT2D eigenvalue weighted by atomic mass is 9.96. The van der Waals surface area contributed by atoms with E-state index in [0.717, 1.165) is 25.7 Å². The first-order valence-electron chi connectivity index (χ1n) is 20.3. The van der Waals surface area contributed by atoms with Gasteiger partial charge in [0.2, 0.25) is 24.1 Å². The van der Waals surface area contributed by atoms with Crippen molar-refractivity contribution < 1.29 is 49.0 Å². The number of aromatic hydroxyl groups is 1.